The molecule has 5 heteroatoms. The Morgan fingerprint density at radius 2 is 0.809 bits per heavy atom. The van der Waals surface area contributed by atoms with Gasteiger partial charge in [-0.2, -0.15) is 0 Å². The van der Waals surface area contributed by atoms with E-state index in [1.807, 2.05) is 0 Å². The monoisotopic (exact) mass is 666 g/mol. The molecule has 0 aliphatic carbocycles. The van der Waals surface area contributed by atoms with Crippen molar-refractivity contribution in [3.63, 3.8) is 0 Å². The average Bonchev–Trinajstić information content (AvgIpc) is 3.07. The Kier molecular flexibility index (Phi) is 37.2. The molecule has 4 N–H and O–H groups in total. The van der Waals surface area contributed by atoms with Crippen LogP contribution in [-0.2, 0) is 4.79 Å². The Morgan fingerprint density at radius 1 is 0.489 bits per heavy atom. The predicted octanol–water partition coefficient (Wildman–Crippen LogP) is 11.7. The van der Waals surface area contributed by atoms with E-state index in [-0.39, 0.29) is 6.61 Å². The van der Waals surface area contributed by atoms with Gasteiger partial charge in [-0.05, 0) is 38.5 Å². The molecular formula is C42H83NO4. The van der Waals surface area contributed by atoms with Crippen LogP contribution in [0, 0.1) is 0 Å². The molecule has 0 aromatic carbocycles. The van der Waals surface area contributed by atoms with Crippen molar-refractivity contribution < 1.29 is 20.1 Å². The lowest BCUT2D eigenvalue weighted by Crippen LogP contribution is -2.49. The third kappa shape index (κ3) is 33.4. The summed E-state index contributed by atoms with van der Waals surface area (Å²) in [5, 5.41) is 33.2. The number of aliphatic hydroxyl groups excluding tert-OH is 3. The second-order valence-corrected chi connectivity index (χ2v) is 14.6. The molecule has 5 nitrogen and oxygen atoms in total. The molecule has 1 unspecified atom stereocenters. The average molecular weight is 666 g/mol. The SMILES string of the molecule is CCCCCCCC/C=C\CCCCCCCCCCCCC(O)C(=O)N[C@@H](CO)[C@H](O)CCCCCCCCCCCCCCC. The van der Waals surface area contributed by atoms with Crippen LogP contribution >= 0.6 is 0 Å². The zero-order valence-corrected chi connectivity index (χ0v) is 31.7. The second-order valence-electron chi connectivity index (χ2n) is 14.6. The van der Waals surface area contributed by atoms with E-state index >= 15 is 0 Å². The Morgan fingerprint density at radius 3 is 1.17 bits per heavy atom. The molecule has 280 valence electrons. The van der Waals surface area contributed by atoms with E-state index < -0.39 is 24.2 Å². The van der Waals surface area contributed by atoms with Gasteiger partial charge < -0.3 is 20.6 Å². The lowest BCUT2D eigenvalue weighted by Gasteiger charge is -2.23. The molecule has 0 radical (unpaired) electrons. The molecule has 0 heterocycles. The highest BCUT2D eigenvalue weighted by Gasteiger charge is 2.23. The Hall–Kier alpha value is -0.910. The molecule has 0 bridgehead atoms. The first-order chi connectivity index (χ1) is 23.1. The summed E-state index contributed by atoms with van der Waals surface area (Å²) in [5.41, 5.74) is 0. The van der Waals surface area contributed by atoms with E-state index in [0.717, 1.165) is 32.1 Å². The third-order valence-electron chi connectivity index (χ3n) is 9.88. The summed E-state index contributed by atoms with van der Waals surface area (Å²) in [4.78, 5) is 12.5. The Labute approximate surface area is 293 Å². The van der Waals surface area contributed by atoms with Crippen LogP contribution < -0.4 is 5.32 Å². The van der Waals surface area contributed by atoms with Gasteiger partial charge in [0, 0.05) is 0 Å². The minimum atomic E-state index is -1.07. The van der Waals surface area contributed by atoms with E-state index in [9.17, 15) is 20.1 Å². The first-order valence-corrected chi connectivity index (χ1v) is 21.0. The molecule has 0 aliphatic heterocycles. The highest BCUT2D eigenvalue weighted by atomic mass is 16.3. The van der Waals surface area contributed by atoms with Crippen molar-refractivity contribution in [1.29, 1.82) is 0 Å². The molecule has 0 saturated heterocycles. The molecule has 0 saturated carbocycles. The predicted molar refractivity (Wildman–Crippen MR) is 204 cm³/mol. The molecule has 0 aliphatic rings. The number of allylic oxidation sites excluding steroid dienone is 2. The number of hydrogen-bond acceptors (Lipinski definition) is 4. The minimum Gasteiger partial charge on any atom is -0.394 e. The molecule has 47 heavy (non-hydrogen) atoms. The molecule has 0 aromatic heterocycles. The van der Waals surface area contributed by atoms with Gasteiger partial charge >= 0.3 is 0 Å². The maximum Gasteiger partial charge on any atom is 0.249 e. The maximum absolute atomic E-state index is 12.5. The van der Waals surface area contributed by atoms with Crippen LogP contribution in [0.1, 0.15) is 226 Å². The van der Waals surface area contributed by atoms with Crippen molar-refractivity contribution in [3.8, 4) is 0 Å². The van der Waals surface area contributed by atoms with Gasteiger partial charge in [0.05, 0.1) is 18.8 Å². The van der Waals surface area contributed by atoms with Gasteiger partial charge in [-0.25, -0.2) is 0 Å². The summed E-state index contributed by atoms with van der Waals surface area (Å²) in [7, 11) is 0. The fraction of sp³-hybridized carbons (Fsp3) is 0.929. The number of hydrogen-bond donors (Lipinski definition) is 4. The molecule has 1 amide bonds. The summed E-state index contributed by atoms with van der Waals surface area (Å²) in [5.74, 6) is -0.471. The van der Waals surface area contributed by atoms with Crippen molar-refractivity contribution in [2.75, 3.05) is 6.61 Å². The van der Waals surface area contributed by atoms with E-state index in [1.54, 1.807) is 0 Å². The van der Waals surface area contributed by atoms with Gasteiger partial charge in [0.1, 0.15) is 6.10 Å². The van der Waals surface area contributed by atoms with Gasteiger partial charge in [0.25, 0.3) is 0 Å². The van der Waals surface area contributed by atoms with Crippen molar-refractivity contribution in [2.45, 2.75) is 244 Å². The number of carbonyl (C=O) groups excluding carboxylic acids is 1. The minimum absolute atomic E-state index is 0.311. The summed E-state index contributed by atoms with van der Waals surface area (Å²) in [6, 6.07) is -0.708. The molecular weight excluding hydrogens is 582 g/mol. The quantitative estimate of drug-likeness (QED) is 0.0390. The van der Waals surface area contributed by atoms with Gasteiger partial charge in [0.2, 0.25) is 5.91 Å². The standard InChI is InChI=1S/C42H83NO4/c1-3-5-7-9-11-13-15-17-18-19-20-21-22-23-25-27-29-31-33-35-37-41(46)42(47)43-39(38-44)40(45)36-34-32-30-28-26-24-16-14-12-10-8-6-4-2/h17-18,39-41,44-46H,3-16,19-38H2,1-2H3,(H,43,47)/b18-17-/t39-,40+,41?/m0/s1. The highest BCUT2D eigenvalue weighted by molar-refractivity contribution is 5.80. The lowest BCUT2D eigenvalue weighted by molar-refractivity contribution is -0.131. The molecule has 0 rings (SSSR count). The van der Waals surface area contributed by atoms with Crippen LogP contribution in [0.3, 0.4) is 0 Å². The summed E-state index contributed by atoms with van der Waals surface area (Å²) >= 11 is 0. The fourth-order valence-corrected chi connectivity index (χ4v) is 6.54. The number of aliphatic hydroxyl groups is 3. The van der Waals surface area contributed by atoms with Crippen LogP contribution in [0.5, 0.6) is 0 Å². The van der Waals surface area contributed by atoms with Crippen LogP contribution in [-0.4, -0.2) is 46.1 Å². The largest absolute Gasteiger partial charge is 0.394 e. The molecule has 3 atom stereocenters. The van der Waals surface area contributed by atoms with Gasteiger partial charge in [0.15, 0.2) is 0 Å². The summed E-state index contributed by atoms with van der Waals surface area (Å²) in [6.07, 6.45) is 43.4. The summed E-state index contributed by atoms with van der Waals surface area (Å²) in [6.45, 7) is 4.23. The topological polar surface area (TPSA) is 89.8 Å². The molecule has 0 fully saturated rings. The van der Waals surface area contributed by atoms with Gasteiger partial charge in [-0.3, -0.25) is 4.79 Å². The Balaban J connectivity index is 3.61. The smallest absolute Gasteiger partial charge is 0.249 e. The third-order valence-corrected chi connectivity index (χ3v) is 9.88. The zero-order valence-electron chi connectivity index (χ0n) is 31.7. The van der Waals surface area contributed by atoms with Crippen molar-refractivity contribution in [3.05, 3.63) is 12.2 Å². The normalized spacial score (nSPS) is 13.7. The maximum atomic E-state index is 12.5. The summed E-state index contributed by atoms with van der Waals surface area (Å²) < 4.78 is 0. The lowest BCUT2D eigenvalue weighted by atomic mass is 10.0. The van der Waals surface area contributed by atoms with Crippen LogP contribution in [0.2, 0.25) is 0 Å². The fourth-order valence-electron chi connectivity index (χ4n) is 6.54. The number of amides is 1. The van der Waals surface area contributed by atoms with Crippen LogP contribution in [0.25, 0.3) is 0 Å². The second kappa shape index (κ2) is 37.9. The van der Waals surface area contributed by atoms with E-state index in [2.05, 4.69) is 31.3 Å². The molecule has 0 aromatic rings. The Bertz CT molecular complexity index is 655. The van der Waals surface area contributed by atoms with Crippen LogP contribution in [0.15, 0.2) is 12.2 Å². The first kappa shape index (κ1) is 46.1. The number of carbonyl (C=O) groups is 1. The number of rotatable bonds is 38. The van der Waals surface area contributed by atoms with Crippen molar-refractivity contribution in [2.24, 2.45) is 0 Å². The van der Waals surface area contributed by atoms with Gasteiger partial charge in [-0.15, -0.1) is 0 Å². The van der Waals surface area contributed by atoms with Crippen LogP contribution in [0.4, 0.5) is 0 Å². The molecule has 0 spiro atoms. The number of unbranched alkanes of at least 4 members (excludes halogenated alkanes) is 28. The van der Waals surface area contributed by atoms with Crippen molar-refractivity contribution >= 4 is 5.91 Å². The first-order valence-electron chi connectivity index (χ1n) is 21.0. The van der Waals surface area contributed by atoms with E-state index in [1.165, 1.54) is 167 Å². The van der Waals surface area contributed by atoms with E-state index in [4.69, 9.17) is 0 Å². The number of nitrogens with one attached hydrogen (secondary N) is 1. The zero-order chi connectivity index (χ0) is 34.5. The van der Waals surface area contributed by atoms with E-state index in [0.29, 0.717) is 12.8 Å². The van der Waals surface area contributed by atoms with Gasteiger partial charge in [-0.1, -0.05) is 199 Å². The van der Waals surface area contributed by atoms with Crippen molar-refractivity contribution in [1.82, 2.24) is 5.32 Å². The highest BCUT2D eigenvalue weighted by Crippen LogP contribution is 2.16.